The first-order valence-electron chi connectivity index (χ1n) is 7.21. The van der Waals surface area contributed by atoms with Gasteiger partial charge < -0.3 is 10.1 Å². The highest BCUT2D eigenvalue weighted by atomic mass is 35.5. The number of ether oxygens (including phenoxy) is 1. The van der Waals surface area contributed by atoms with E-state index in [2.05, 4.69) is 17.2 Å². The van der Waals surface area contributed by atoms with E-state index in [0.29, 0.717) is 12.5 Å². The SMILES string of the molecule is CCCOc1cccnc1NC1(CCl)CCCCC1. The molecule has 1 aromatic rings. The largest absolute Gasteiger partial charge is 0.490 e. The molecule has 0 aromatic carbocycles. The standard InChI is InChI=1S/C15H23ClN2O/c1-2-11-19-13-7-6-10-17-14(13)18-15(12-16)8-4-3-5-9-15/h6-7,10H,2-5,8-9,11-12H2,1H3,(H,17,18). The van der Waals surface area contributed by atoms with Crippen LogP contribution in [0.2, 0.25) is 0 Å². The lowest BCUT2D eigenvalue weighted by Crippen LogP contribution is -2.42. The van der Waals surface area contributed by atoms with Crippen LogP contribution in [-0.2, 0) is 0 Å². The van der Waals surface area contributed by atoms with E-state index in [1.54, 1.807) is 6.20 Å². The van der Waals surface area contributed by atoms with Crippen LogP contribution >= 0.6 is 11.6 Å². The van der Waals surface area contributed by atoms with Crippen LogP contribution in [0.3, 0.4) is 0 Å². The molecule has 0 radical (unpaired) electrons. The van der Waals surface area contributed by atoms with Crippen LogP contribution in [0.4, 0.5) is 5.82 Å². The third-order valence-corrected chi connectivity index (χ3v) is 4.19. The van der Waals surface area contributed by atoms with E-state index in [4.69, 9.17) is 16.3 Å². The van der Waals surface area contributed by atoms with Crippen molar-refractivity contribution in [3.63, 3.8) is 0 Å². The Labute approximate surface area is 120 Å². The smallest absolute Gasteiger partial charge is 0.169 e. The van der Waals surface area contributed by atoms with Gasteiger partial charge in [-0.2, -0.15) is 0 Å². The number of rotatable bonds is 6. The molecular formula is C15H23ClN2O. The summed E-state index contributed by atoms with van der Waals surface area (Å²) in [4.78, 5) is 4.42. The number of anilines is 1. The zero-order valence-electron chi connectivity index (χ0n) is 11.6. The molecular weight excluding hydrogens is 260 g/mol. The summed E-state index contributed by atoms with van der Waals surface area (Å²) in [7, 11) is 0. The van der Waals surface area contributed by atoms with Gasteiger partial charge >= 0.3 is 0 Å². The monoisotopic (exact) mass is 282 g/mol. The van der Waals surface area contributed by atoms with Crippen molar-refractivity contribution >= 4 is 17.4 Å². The molecule has 0 saturated heterocycles. The van der Waals surface area contributed by atoms with Gasteiger partial charge in [-0.05, 0) is 31.4 Å². The fourth-order valence-electron chi connectivity index (χ4n) is 2.58. The number of aromatic nitrogens is 1. The average molecular weight is 283 g/mol. The molecule has 1 aliphatic carbocycles. The van der Waals surface area contributed by atoms with Gasteiger partial charge in [-0.1, -0.05) is 26.2 Å². The third-order valence-electron chi connectivity index (χ3n) is 3.68. The van der Waals surface area contributed by atoms with Crippen LogP contribution in [0, 0.1) is 0 Å². The van der Waals surface area contributed by atoms with E-state index >= 15 is 0 Å². The van der Waals surface area contributed by atoms with Gasteiger partial charge in [0.15, 0.2) is 11.6 Å². The van der Waals surface area contributed by atoms with Crippen molar-refractivity contribution in [2.24, 2.45) is 0 Å². The summed E-state index contributed by atoms with van der Waals surface area (Å²) >= 11 is 6.21. The summed E-state index contributed by atoms with van der Waals surface area (Å²) in [5, 5.41) is 3.55. The van der Waals surface area contributed by atoms with Crippen LogP contribution in [0.15, 0.2) is 18.3 Å². The fraction of sp³-hybridized carbons (Fsp3) is 0.667. The minimum Gasteiger partial charge on any atom is -0.490 e. The van der Waals surface area contributed by atoms with Crippen molar-refractivity contribution in [3.05, 3.63) is 18.3 Å². The average Bonchev–Trinajstić information content (AvgIpc) is 2.47. The number of hydrogen-bond acceptors (Lipinski definition) is 3. The maximum atomic E-state index is 6.21. The number of nitrogens with zero attached hydrogens (tertiary/aromatic N) is 1. The summed E-state index contributed by atoms with van der Waals surface area (Å²) in [5.74, 6) is 2.29. The van der Waals surface area contributed by atoms with E-state index in [0.717, 1.165) is 30.8 Å². The lowest BCUT2D eigenvalue weighted by molar-refractivity contribution is 0.313. The summed E-state index contributed by atoms with van der Waals surface area (Å²) < 4.78 is 5.75. The first-order valence-corrected chi connectivity index (χ1v) is 7.75. The van der Waals surface area contributed by atoms with Crippen LogP contribution < -0.4 is 10.1 Å². The predicted molar refractivity (Wildman–Crippen MR) is 80.2 cm³/mol. The summed E-state index contributed by atoms with van der Waals surface area (Å²) in [6.45, 7) is 2.82. The van der Waals surface area contributed by atoms with Crippen molar-refractivity contribution in [1.82, 2.24) is 4.98 Å². The molecule has 19 heavy (non-hydrogen) atoms. The number of nitrogens with one attached hydrogen (secondary N) is 1. The number of halogens is 1. The summed E-state index contributed by atoms with van der Waals surface area (Å²) in [6.07, 6.45) is 8.79. The zero-order valence-corrected chi connectivity index (χ0v) is 12.4. The van der Waals surface area contributed by atoms with E-state index in [1.165, 1.54) is 19.3 Å². The van der Waals surface area contributed by atoms with Gasteiger partial charge in [-0.3, -0.25) is 0 Å². The highest BCUT2D eigenvalue weighted by Crippen LogP contribution is 2.34. The quantitative estimate of drug-likeness (QED) is 0.793. The molecule has 1 saturated carbocycles. The Hall–Kier alpha value is -0.960. The molecule has 1 aliphatic rings. The Morgan fingerprint density at radius 2 is 2.16 bits per heavy atom. The Morgan fingerprint density at radius 1 is 1.37 bits per heavy atom. The summed E-state index contributed by atoms with van der Waals surface area (Å²) in [5.41, 5.74) is -0.0154. The molecule has 0 bridgehead atoms. The van der Waals surface area contributed by atoms with Gasteiger partial charge in [0.1, 0.15) is 0 Å². The zero-order chi connectivity index (χ0) is 13.6. The van der Waals surface area contributed by atoms with Gasteiger partial charge in [0.2, 0.25) is 0 Å². The van der Waals surface area contributed by atoms with Gasteiger partial charge in [-0.25, -0.2) is 4.98 Å². The highest BCUT2D eigenvalue weighted by Gasteiger charge is 2.32. The maximum Gasteiger partial charge on any atom is 0.169 e. The first-order chi connectivity index (χ1) is 9.29. The Bertz CT molecular complexity index is 391. The molecule has 3 nitrogen and oxygen atoms in total. The normalized spacial score (nSPS) is 18.0. The van der Waals surface area contributed by atoms with Gasteiger partial charge in [0.05, 0.1) is 12.1 Å². The molecule has 1 fully saturated rings. The van der Waals surface area contributed by atoms with Crippen molar-refractivity contribution in [2.75, 3.05) is 17.8 Å². The second-order valence-corrected chi connectivity index (χ2v) is 5.57. The van der Waals surface area contributed by atoms with Crippen LogP contribution in [0.25, 0.3) is 0 Å². The van der Waals surface area contributed by atoms with Crippen molar-refractivity contribution in [1.29, 1.82) is 0 Å². The molecule has 106 valence electrons. The molecule has 0 amide bonds. The molecule has 2 rings (SSSR count). The maximum absolute atomic E-state index is 6.21. The Kier molecular flexibility index (Phi) is 5.32. The topological polar surface area (TPSA) is 34.1 Å². The Balaban J connectivity index is 2.12. The summed E-state index contributed by atoms with van der Waals surface area (Å²) in [6, 6.07) is 3.88. The first kappa shape index (κ1) is 14.4. The lowest BCUT2D eigenvalue weighted by atomic mass is 9.83. The number of alkyl halides is 1. The Morgan fingerprint density at radius 3 is 2.84 bits per heavy atom. The van der Waals surface area contributed by atoms with Crippen LogP contribution in [0.5, 0.6) is 5.75 Å². The van der Waals surface area contributed by atoms with Crippen molar-refractivity contribution < 1.29 is 4.74 Å². The second-order valence-electron chi connectivity index (χ2n) is 5.30. The molecule has 0 unspecified atom stereocenters. The predicted octanol–water partition coefficient (Wildman–Crippen LogP) is 4.22. The van der Waals surface area contributed by atoms with E-state index in [-0.39, 0.29) is 5.54 Å². The van der Waals surface area contributed by atoms with Crippen molar-refractivity contribution in [2.45, 2.75) is 51.0 Å². The fourth-order valence-corrected chi connectivity index (χ4v) is 2.92. The van der Waals surface area contributed by atoms with Gasteiger partial charge in [0.25, 0.3) is 0 Å². The van der Waals surface area contributed by atoms with Gasteiger partial charge in [0, 0.05) is 12.1 Å². The molecule has 0 aliphatic heterocycles. The van der Waals surface area contributed by atoms with E-state index in [1.807, 2.05) is 12.1 Å². The van der Waals surface area contributed by atoms with E-state index in [9.17, 15) is 0 Å². The number of pyridine rings is 1. The van der Waals surface area contributed by atoms with Crippen LogP contribution in [-0.4, -0.2) is 23.0 Å². The van der Waals surface area contributed by atoms with Gasteiger partial charge in [-0.15, -0.1) is 11.6 Å². The minimum absolute atomic E-state index is 0.0154. The molecule has 0 atom stereocenters. The second kappa shape index (κ2) is 6.99. The molecule has 1 heterocycles. The number of hydrogen-bond donors (Lipinski definition) is 1. The molecule has 1 N–H and O–H groups in total. The molecule has 4 heteroatoms. The lowest BCUT2D eigenvalue weighted by Gasteiger charge is -2.37. The van der Waals surface area contributed by atoms with E-state index < -0.39 is 0 Å². The molecule has 0 spiro atoms. The van der Waals surface area contributed by atoms with Crippen molar-refractivity contribution in [3.8, 4) is 5.75 Å². The minimum atomic E-state index is -0.0154. The molecule has 1 aromatic heterocycles. The highest BCUT2D eigenvalue weighted by molar-refractivity contribution is 6.18. The third kappa shape index (κ3) is 3.75. The van der Waals surface area contributed by atoms with Crippen LogP contribution in [0.1, 0.15) is 45.4 Å².